The van der Waals surface area contributed by atoms with Gasteiger partial charge in [-0.2, -0.15) is 0 Å². The van der Waals surface area contributed by atoms with Gasteiger partial charge < -0.3 is 4.74 Å². The Balaban J connectivity index is 2.06. The van der Waals surface area contributed by atoms with Crippen molar-refractivity contribution < 1.29 is 9.13 Å². The molecule has 5 heteroatoms. The molecule has 3 rings (SSSR count). The molecule has 0 radical (unpaired) electrons. The van der Waals surface area contributed by atoms with Gasteiger partial charge >= 0.3 is 0 Å². The topological polar surface area (TPSA) is 22.1 Å². The van der Waals surface area contributed by atoms with Crippen LogP contribution in [0, 0.1) is 5.82 Å². The molecular formula is C14H10FNOS2. The van der Waals surface area contributed by atoms with Gasteiger partial charge in [-0.3, -0.25) is 0 Å². The molecule has 2 aromatic heterocycles. The van der Waals surface area contributed by atoms with Crippen LogP contribution in [0.2, 0.25) is 0 Å². The molecule has 0 bridgehead atoms. The normalized spacial score (nSPS) is 10.6. The molecular weight excluding hydrogens is 281 g/mol. The number of nitrogens with zero attached hydrogens (tertiary/aromatic N) is 1. The van der Waals surface area contributed by atoms with Crippen molar-refractivity contribution in [2.75, 3.05) is 7.11 Å². The Kier molecular flexibility index (Phi) is 3.31. The molecule has 0 saturated heterocycles. The van der Waals surface area contributed by atoms with Gasteiger partial charge in [0.2, 0.25) is 0 Å². The molecule has 0 unspecified atom stereocenters. The second-order valence-corrected chi connectivity index (χ2v) is 5.67. The number of hydrogen-bond donors (Lipinski definition) is 0. The Morgan fingerprint density at radius 2 is 2.11 bits per heavy atom. The van der Waals surface area contributed by atoms with E-state index in [1.165, 1.54) is 12.1 Å². The summed E-state index contributed by atoms with van der Waals surface area (Å²) in [5.41, 5.74) is 1.42. The van der Waals surface area contributed by atoms with Crippen LogP contribution >= 0.6 is 22.7 Å². The van der Waals surface area contributed by atoms with E-state index in [0.29, 0.717) is 11.3 Å². The summed E-state index contributed by atoms with van der Waals surface area (Å²) in [6.45, 7) is 0. The second-order valence-electron chi connectivity index (χ2n) is 3.86. The molecule has 0 aliphatic heterocycles. The molecule has 0 saturated carbocycles. The molecule has 0 N–H and O–H groups in total. The number of ether oxygens (including phenoxy) is 1. The number of benzene rings is 1. The minimum Gasteiger partial charge on any atom is -0.496 e. The molecule has 0 aliphatic carbocycles. The molecule has 0 atom stereocenters. The Hall–Kier alpha value is -1.72. The lowest BCUT2D eigenvalue weighted by molar-refractivity contribution is 0.415. The number of halogens is 1. The predicted octanol–water partition coefficient (Wildman–Crippen LogP) is 4.69. The van der Waals surface area contributed by atoms with E-state index in [9.17, 15) is 4.39 Å². The average Bonchev–Trinajstić information content (AvgIpc) is 3.09. The standard InChI is InChI=1S/C14H10FNOS2/c1-17-12-5-4-9(15)7-10(12)11-8-19-14(16-11)13-3-2-6-18-13/h2-8H,1H3. The molecule has 19 heavy (non-hydrogen) atoms. The van der Waals surface area contributed by atoms with E-state index in [1.54, 1.807) is 35.8 Å². The molecule has 2 nitrogen and oxygen atoms in total. The third-order valence-corrected chi connectivity index (χ3v) is 4.55. The first-order valence-corrected chi connectivity index (χ1v) is 7.37. The van der Waals surface area contributed by atoms with Crippen molar-refractivity contribution in [3.8, 4) is 26.9 Å². The molecule has 0 fully saturated rings. The van der Waals surface area contributed by atoms with E-state index in [1.807, 2.05) is 22.9 Å². The maximum Gasteiger partial charge on any atom is 0.134 e. The Labute approximate surface area is 118 Å². The third kappa shape index (κ3) is 2.39. The largest absolute Gasteiger partial charge is 0.496 e. The van der Waals surface area contributed by atoms with Gasteiger partial charge in [0, 0.05) is 10.9 Å². The first-order chi connectivity index (χ1) is 9.28. The minimum atomic E-state index is -0.290. The van der Waals surface area contributed by atoms with Gasteiger partial charge in [0.1, 0.15) is 16.6 Å². The first-order valence-electron chi connectivity index (χ1n) is 5.61. The monoisotopic (exact) mass is 291 g/mol. The molecule has 0 spiro atoms. The summed E-state index contributed by atoms with van der Waals surface area (Å²) in [5.74, 6) is 0.339. The molecule has 96 valence electrons. The van der Waals surface area contributed by atoms with Gasteiger partial charge in [-0.1, -0.05) is 6.07 Å². The lowest BCUT2D eigenvalue weighted by atomic mass is 10.1. The highest BCUT2D eigenvalue weighted by molar-refractivity contribution is 7.20. The van der Waals surface area contributed by atoms with Crippen molar-refractivity contribution >= 4 is 22.7 Å². The number of thiophene rings is 1. The number of rotatable bonds is 3. The minimum absolute atomic E-state index is 0.290. The summed E-state index contributed by atoms with van der Waals surface area (Å²) in [6, 6.07) is 8.47. The summed E-state index contributed by atoms with van der Waals surface area (Å²) in [7, 11) is 1.57. The van der Waals surface area contributed by atoms with Gasteiger partial charge in [-0.15, -0.1) is 22.7 Å². The smallest absolute Gasteiger partial charge is 0.134 e. The van der Waals surface area contributed by atoms with Gasteiger partial charge in [0.25, 0.3) is 0 Å². The second kappa shape index (κ2) is 5.11. The quantitative estimate of drug-likeness (QED) is 0.698. The van der Waals surface area contributed by atoms with E-state index in [4.69, 9.17) is 4.74 Å². The van der Waals surface area contributed by atoms with Crippen molar-refractivity contribution in [2.24, 2.45) is 0 Å². The van der Waals surface area contributed by atoms with E-state index >= 15 is 0 Å². The molecule has 2 heterocycles. The Morgan fingerprint density at radius 1 is 1.21 bits per heavy atom. The first kappa shape index (κ1) is 12.3. The van der Waals surface area contributed by atoms with Gasteiger partial charge in [0.05, 0.1) is 17.7 Å². The summed E-state index contributed by atoms with van der Waals surface area (Å²) < 4.78 is 18.6. The van der Waals surface area contributed by atoms with Crippen molar-refractivity contribution in [1.29, 1.82) is 0 Å². The Morgan fingerprint density at radius 3 is 2.84 bits per heavy atom. The van der Waals surface area contributed by atoms with Crippen LogP contribution in [-0.4, -0.2) is 12.1 Å². The molecule has 3 aromatic rings. The summed E-state index contributed by atoms with van der Waals surface area (Å²) in [4.78, 5) is 5.67. The Bertz CT molecular complexity index is 691. The van der Waals surface area contributed by atoms with E-state index in [-0.39, 0.29) is 5.82 Å². The fourth-order valence-corrected chi connectivity index (χ4v) is 3.43. The zero-order chi connectivity index (χ0) is 13.2. The van der Waals surface area contributed by atoms with Crippen molar-refractivity contribution in [2.45, 2.75) is 0 Å². The summed E-state index contributed by atoms with van der Waals surface area (Å²) >= 11 is 3.19. The summed E-state index contributed by atoms with van der Waals surface area (Å²) in [5, 5.41) is 4.88. The third-order valence-electron chi connectivity index (χ3n) is 2.67. The number of methoxy groups -OCH3 is 1. The van der Waals surface area contributed by atoms with Crippen LogP contribution in [0.5, 0.6) is 5.75 Å². The predicted molar refractivity (Wildman–Crippen MR) is 77.4 cm³/mol. The van der Waals surface area contributed by atoms with E-state index in [0.717, 1.165) is 15.6 Å². The van der Waals surface area contributed by atoms with Gasteiger partial charge in [-0.05, 0) is 29.6 Å². The van der Waals surface area contributed by atoms with Gasteiger partial charge in [-0.25, -0.2) is 9.37 Å². The number of hydrogen-bond acceptors (Lipinski definition) is 4. The molecule has 0 amide bonds. The fraction of sp³-hybridized carbons (Fsp3) is 0.0714. The molecule has 0 aliphatic rings. The van der Waals surface area contributed by atoms with Gasteiger partial charge in [0.15, 0.2) is 0 Å². The molecule has 1 aromatic carbocycles. The van der Waals surface area contributed by atoms with E-state index in [2.05, 4.69) is 4.98 Å². The lowest BCUT2D eigenvalue weighted by Crippen LogP contribution is -1.89. The zero-order valence-corrected chi connectivity index (χ0v) is 11.7. The highest BCUT2D eigenvalue weighted by Crippen LogP contribution is 2.35. The lowest BCUT2D eigenvalue weighted by Gasteiger charge is -2.05. The van der Waals surface area contributed by atoms with Crippen molar-refractivity contribution in [1.82, 2.24) is 4.98 Å². The number of aromatic nitrogens is 1. The van der Waals surface area contributed by atoms with Crippen LogP contribution in [0.4, 0.5) is 4.39 Å². The van der Waals surface area contributed by atoms with Crippen molar-refractivity contribution in [3.05, 3.63) is 46.9 Å². The van der Waals surface area contributed by atoms with Crippen LogP contribution in [-0.2, 0) is 0 Å². The van der Waals surface area contributed by atoms with Crippen LogP contribution < -0.4 is 4.74 Å². The highest BCUT2D eigenvalue weighted by atomic mass is 32.1. The summed E-state index contributed by atoms with van der Waals surface area (Å²) in [6.07, 6.45) is 0. The number of thiazole rings is 1. The fourth-order valence-electron chi connectivity index (χ4n) is 1.79. The SMILES string of the molecule is COc1ccc(F)cc1-c1csc(-c2cccs2)n1. The average molecular weight is 291 g/mol. The van der Waals surface area contributed by atoms with Crippen LogP contribution in [0.25, 0.3) is 21.1 Å². The maximum absolute atomic E-state index is 13.4. The van der Waals surface area contributed by atoms with Crippen molar-refractivity contribution in [3.63, 3.8) is 0 Å². The zero-order valence-electron chi connectivity index (χ0n) is 10.1. The van der Waals surface area contributed by atoms with E-state index < -0.39 is 0 Å². The van der Waals surface area contributed by atoms with Crippen LogP contribution in [0.15, 0.2) is 41.1 Å². The maximum atomic E-state index is 13.4. The van der Waals surface area contributed by atoms with Crippen LogP contribution in [0.3, 0.4) is 0 Å². The van der Waals surface area contributed by atoms with Crippen LogP contribution in [0.1, 0.15) is 0 Å². The highest BCUT2D eigenvalue weighted by Gasteiger charge is 2.12.